The van der Waals surface area contributed by atoms with Crippen molar-refractivity contribution in [2.45, 2.75) is 24.3 Å². The van der Waals surface area contributed by atoms with Gasteiger partial charge in [0, 0.05) is 41.2 Å². The summed E-state index contributed by atoms with van der Waals surface area (Å²) in [5.74, 6) is 0. The van der Waals surface area contributed by atoms with Crippen LogP contribution < -0.4 is 5.32 Å². The molecule has 6 aromatic rings. The summed E-state index contributed by atoms with van der Waals surface area (Å²) in [7, 11) is 0. The minimum atomic E-state index is 0.0691. The van der Waals surface area contributed by atoms with Gasteiger partial charge in [-0.1, -0.05) is 190 Å². The molecular formula is C49H45NS2. The number of thioether (sulfide) groups is 1. The van der Waals surface area contributed by atoms with Crippen LogP contribution in [-0.2, 0) is 6.42 Å². The summed E-state index contributed by atoms with van der Waals surface area (Å²) in [5.41, 5.74) is 7.24. The molecule has 0 bridgehead atoms. The molecule has 2 heterocycles. The van der Waals surface area contributed by atoms with Crippen LogP contribution in [0.2, 0.25) is 0 Å². The summed E-state index contributed by atoms with van der Waals surface area (Å²) < 4.78 is 2.62. The molecule has 0 fully saturated rings. The van der Waals surface area contributed by atoms with E-state index in [9.17, 15) is 0 Å². The zero-order valence-electron chi connectivity index (χ0n) is 29.7. The van der Waals surface area contributed by atoms with E-state index in [2.05, 4.69) is 153 Å². The van der Waals surface area contributed by atoms with E-state index >= 15 is 0 Å². The number of nitrogens with one attached hydrogen (secondary N) is 1. The molecule has 1 nitrogen and oxygen atoms in total. The third-order valence-electron chi connectivity index (χ3n) is 8.33. The van der Waals surface area contributed by atoms with Gasteiger partial charge in [-0.15, -0.1) is 11.3 Å². The molecule has 1 N–H and O–H groups in total. The number of fused-ring (bicyclic) bond motifs is 4. The first kappa shape index (κ1) is 37.6. The van der Waals surface area contributed by atoms with E-state index in [1.165, 1.54) is 52.2 Å². The van der Waals surface area contributed by atoms with Crippen molar-refractivity contribution in [1.82, 2.24) is 0 Å². The van der Waals surface area contributed by atoms with Crippen LogP contribution in [0.3, 0.4) is 0 Å². The van der Waals surface area contributed by atoms with Crippen molar-refractivity contribution in [1.29, 1.82) is 0 Å². The lowest BCUT2D eigenvalue weighted by Gasteiger charge is -2.24. The van der Waals surface area contributed by atoms with Gasteiger partial charge in [0.05, 0.1) is 6.04 Å². The molecule has 52 heavy (non-hydrogen) atoms. The fourth-order valence-corrected chi connectivity index (χ4v) is 8.02. The van der Waals surface area contributed by atoms with Crippen LogP contribution in [0, 0.1) is 0 Å². The number of thiophene rings is 1. The summed E-state index contributed by atoms with van der Waals surface area (Å²) in [5, 5.41) is 6.46. The molecule has 0 saturated heterocycles. The first-order valence-electron chi connectivity index (χ1n) is 17.4. The summed E-state index contributed by atoms with van der Waals surface area (Å²) in [6, 6.07) is 44.4. The number of anilines is 1. The lowest BCUT2D eigenvalue weighted by molar-refractivity contribution is 0.826. The fourth-order valence-electron chi connectivity index (χ4n) is 5.91. The van der Waals surface area contributed by atoms with Gasteiger partial charge >= 0.3 is 0 Å². The number of allylic oxidation sites excluding steroid dienone is 8. The van der Waals surface area contributed by atoms with Crippen molar-refractivity contribution in [2.24, 2.45) is 0 Å². The molecule has 0 saturated carbocycles. The number of hydrogen-bond acceptors (Lipinski definition) is 3. The fraction of sp³-hybridized carbons (Fsp3) is 0.0612. The lowest BCUT2D eigenvalue weighted by Crippen LogP contribution is -2.25. The van der Waals surface area contributed by atoms with Crippen molar-refractivity contribution in [3.63, 3.8) is 0 Å². The van der Waals surface area contributed by atoms with Gasteiger partial charge in [0.1, 0.15) is 0 Å². The van der Waals surface area contributed by atoms with Crippen LogP contribution in [0.1, 0.15) is 23.6 Å². The smallest absolute Gasteiger partial charge is 0.0560 e. The summed E-state index contributed by atoms with van der Waals surface area (Å²) in [4.78, 5) is 2.70. The van der Waals surface area contributed by atoms with Crippen LogP contribution in [0.25, 0.3) is 31.2 Å². The van der Waals surface area contributed by atoms with Crippen LogP contribution in [0.5, 0.6) is 0 Å². The van der Waals surface area contributed by atoms with Crippen molar-refractivity contribution in [3.05, 3.63) is 230 Å². The van der Waals surface area contributed by atoms with Gasteiger partial charge in [-0.3, -0.25) is 0 Å². The van der Waals surface area contributed by atoms with Crippen molar-refractivity contribution < 1.29 is 0 Å². The summed E-state index contributed by atoms with van der Waals surface area (Å²) in [6.07, 6.45) is 18.6. The highest BCUT2D eigenvalue weighted by Gasteiger charge is 2.19. The second-order valence-electron chi connectivity index (χ2n) is 11.9. The summed E-state index contributed by atoms with van der Waals surface area (Å²) >= 11 is 3.66. The second-order valence-corrected chi connectivity index (χ2v) is 14.1. The average Bonchev–Trinajstić information content (AvgIpc) is 3.55. The maximum atomic E-state index is 3.99. The molecule has 0 amide bonds. The molecule has 1 aliphatic rings. The largest absolute Gasteiger partial charge is 0.378 e. The topological polar surface area (TPSA) is 12.0 Å². The Morgan fingerprint density at radius 1 is 0.692 bits per heavy atom. The highest BCUT2D eigenvalue weighted by molar-refractivity contribution is 8.10. The zero-order valence-corrected chi connectivity index (χ0v) is 31.4. The number of benzene rings is 5. The number of hydrogen-bond donors (Lipinski definition) is 1. The molecule has 0 spiro atoms. The lowest BCUT2D eigenvalue weighted by atomic mass is 9.91. The van der Waals surface area contributed by atoms with E-state index in [4.69, 9.17) is 0 Å². The summed E-state index contributed by atoms with van der Waals surface area (Å²) in [6.45, 7) is 17.2. The Labute approximate surface area is 318 Å². The van der Waals surface area contributed by atoms with Gasteiger partial charge in [-0.05, 0) is 66.0 Å². The molecule has 258 valence electrons. The van der Waals surface area contributed by atoms with Gasteiger partial charge < -0.3 is 5.32 Å². The molecule has 1 atom stereocenters. The van der Waals surface area contributed by atoms with Crippen molar-refractivity contribution >= 4 is 59.9 Å². The third-order valence-corrected chi connectivity index (χ3v) is 10.6. The minimum absolute atomic E-state index is 0.0691. The Hall–Kier alpha value is -5.61. The molecule has 1 aromatic heterocycles. The second kappa shape index (κ2) is 19.7. The molecule has 7 rings (SSSR count). The SMILES string of the molecule is C=C/C=C(C(/C=C\C)=C/C=C)\C(Cc1ccccc1)Nc1ccc2c(c1)sc1ccccc12.C=C/C=C1\Sc2ccccc21.C=Cc1ccccc1. The molecule has 0 aliphatic carbocycles. The Balaban J connectivity index is 0.000000221. The molecule has 1 aliphatic heterocycles. The molecule has 5 aromatic carbocycles. The monoisotopic (exact) mass is 711 g/mol. The van der Waals surface area contributed by atoms with Gasteiger partial charge in [0.15, 0.2) is 0 Å². The van der Waals surface area contributed by atoms with E-state index in [0.717, 1.165) is 17.7 Å². The molecule has 1 unspecified atom stereocenters. The Bertz CT molecular complexity index is 2250. The van der Waals surface area contributed by atoms with Crippen LogP contribution in [0.15, 0.2) is 218 Å². The van der Waals surface area contributed by atoms with Gasteiger partial charge in [0.25, 0.3) is 0 Å². The Morgan fingerprint density at radius 3 is 2.04 bits per heavy atom. The average molecular weight is 712 g/mol. The quantitative estimate of drug-likeness (QED) is 0.134. The van der Waals surface area contributed by atoms with E-state index in [1.54, 1.807) is 0 Å². The van der Waals surface area contributed by atoms with Crippen molar-refractivity contribution in [2.75, 3.05) is 5.32 Å². The van der Waals surface area contributed by atoms with E-state index in [0.29, 0.717) is 0 Å². The first-order valence-corrected chi connectivity index (χ1v) is 19.0. The molecular weight excluding hydrogens is 667 g/mol. The molecule has 0 radical (unpaired) electrons. The van der Waals surface area contributed by atoms with E-state index in [-0.39, 0.29) is 6.04 Å². The van der Waals surface area contributed by atoms with Gasteiger partial charge in [-0.2, -0.15) is 0 Å². The standard InChI is InChI=1S/C31H29NS.C10H8S.C8H8/c1-4-12-24(13-5-2)26(14-6-3)29(21-23-15-8-7-9-16-23)32-25-19-20-28-27-17-10-11-18-30(27)33-31(28)22-25;1-2-5-9-8-6-3-4-7-10(8)11-9;1-2-8-6-4-3-5-7-8/h4-20,22,29,32H,1,3,21H2,2H3;2-7H,1H2;2-7H,1H2/b13-5-,24-12+,26-14-;9-5-;. The van der Waals surface area contributed by atoms with Gasteiger partial charge in [-0.25, -0.2) is 0 Å². The van der Waals surface area contributed by atoms with E-state index in [1.807, 2.05) is 90.7 Å². The minimum Gasteiger partial charge on any atom is -0.378 e. The number of rotatable bonds is 11. The predicted octanol–water partition coefficient (Wildman–Crippen LogP) is 14.5. The van der Waals surface area contributed by atoms with Crippen LogP contribution in [-0.4, -0.2) is 6.04 Å². The predicted molar refractivity (Wildman–Crippen MR) is 235 cm³/mol. The highest BCUT2D eigenvalue weighted by atomic mass is 32.2. The highest BCUT2D eigenvalue weighted by Crippen LogP contribution is 2.48. The van der Waals surface area contributed by atoms with Crippen LogP contribution >= 0.6 is 23.1 Å². The Kier molecular flexibility index (Phi) is 14.3. The normalized spacial score (nSPS) is 13.5. The van der Waals surface area contributed by atoms with E-state index < -0.39 is 0 Å². The maximum absolute atomic E-state index is 3.99. The maximum Gasteiger partial charge on any atom is 0.0560 e. The first-order chi connectivity index (χ1) is 25.6. The molecule has 3 heteroatoms. The van der Waals surface area contributed by atoms with Crippen molar-refractivity contribution in [3.8, 4) is 0 Å². The Morgan fingerprint density at radius 2 is 1.37 bits per heavy atom. The van der Waals surface area contributed by atoms with Crippen LogP contribution in [0.4, 0.5) is 5.69 Å². The third kappa shape index (κ3) is 10.0. The zero-order chi connectivity index (χ0) is 36.5. The van der Waals surface area contributed by atoms with Gasteiger partial charge in [0.2, 0.25) is 0 Å².